The van der Waals surface area contributed by atoms with Crippen molar-refractivity contribution in [3.05, 3.63) is 22.7 Å². The Kier molecular flexibility index (Phi) is 3.99. The quantitative estimate of drug-likeness (QED) is 0.797. The molecule has 0 spiro atoms. The van der Waals surface area contributed by atoms with Crippen molar-refractivity contribution in [3.8, 4) is 17.2 Å². The van der Waals surface area contributed by atoms with Gasteiger partial charge in [0.15, 0.2) is 11.6 Å². The Morgan fingerprint density at radius 3 is 1.85 bits per heavy atom. The molecule has 0 aromatic heterocycles. The molecule has 1 aliphatic carbocycles. The fraction of sp³-hybridized carbons (Fsp3) is 0.286. The number of hydrogen-bond acceptors (Lipinski definition) is 5. The number of Topliss-reactive ketones (excluding diaryl/α,β-unsaturated/α-hetero) is 2. The Morgan fingerprint density at radius 2 is 1.50 bits per heavy atom. The second-order valence-corrected chi connectivity index (χ2v) is 4.50. The predicted octanol–water partition coefficient (Wildman–Crippen LogP) is 2.20. The van der Waals surface area contributed by atoms with Crippen LogP contribution in [0.1, 0.15) is 12.0 Å². The van der Waals surface area contributed by atoms with E-state index in [2.05, 4.69) is 0 Å². The number of allylic oxidation sites excluding steroid dienone is 2. The fourth-order valence-electron chi connectivity index (χ4n) is 2.07. The summed E-state index contributed by atoms with van der Waals surface area (Å²) in [5.41, 5.74) is 0.504. The fourth-order valence-corrected chi connectivity index (χ4v) is 2.34. The first kappa shape index (κ1) is 14.4. The summed E-state index contributed by atoms with van der Waals surface area (Å²) in [5, 5.41) is -0.0863. The molecule has 20 heavy (non-hydrogen) atoms. The van der Waals surface area contributed by atoms with Crippen LogP contribution >= 0.6 is 11.6 Å². The lowest BCUT2D eigenvalue weighted by Crippen LogP contribution is -2.02. The van der Waals surface area contributed by atoms with Gasteiger partial charge in [-0.05, 0) is 0 Å². The van der Waals surface area contributed by atoms with Gasteiger partial charge in [0.25, 0.3) is 0 Å². The van der Waals surface area contributed by atoms with Crippen LogP contribution in [0.3, 0.4) is 0 Å². The summed E-state index contributed by atoms with van der Waals surface area (Å²) in [4.78, 5) is 23.6. The Morgan fingerprint density at radius 1 is 0.950 bits per heavy atom. The Balaban J connectivity index is 2.73. The standard InChI is InChI=1S/C14H13ClO5/c1-18-7-4-10(19-2)13(11(5-7)20-3)12-8(16)6-9(17)14(12)15/h4-5H,6H2,1-3H3. The second kappa shape index (κ2) is 5.54. The van der Waals surface area contributed by atoms with Gasteiger partial charge in [-0.15, -0.1) is 0 Å². The molecule has 1 aromatic rings. The molecule has 0 bridgehead atoms. The van der Waals surface area contributed by atoms with E-state index in [0.29, 0.717) is 22.8 Å². The monoisotopic (exact) mass is 296 g/mol. The molecule has 0 saturated carbocycles. The highest BCUT2D eigenvalue weighted by molar-refractivity contribution is 6.56. The van der Waals surface area contributed by atoms with Crippen molar-refractivity contribution in [2.24, 2.45) is 0 Å². The van der Waals surface area contributed by atoms with Gasteiger partial charge >= 0.3 is 0 Å². The van der Waals surface area contributed by atoms with E-state index in [1.54, 1.807) is 12.1 Å². The summed E-state index contributed by atoms with van der Waals surface area (Å²) in [6, 6.07) is 3.20. The predicted molar refractivity (Wildman–Crippen MR) is 73.5 cm³/mol. The zero-order valence-corrected chi connectivity index (χ0v) is 12.0. The molecule has 6 heteroatoms. The van der Waals surface area contributed by atoms with Gasteiger partial charge in [-0.3, -0.25) is 9.59 Å². The molecule has 0 unspecified atom stereocenters. The third kappa shape index (κ3) is 2.25. The van der Waals surface area contributed by atoms with Crippen molar-refractivity contribution >= 4 is 28.7 Å². The minimum absolute atomic E-state index is 0.0863. The third-order valence-corrected chi connectivity index (χ3v) is 3.43. The molecule has 0 atom stereocenters. The maximum Gasteiger partial charge on any atom is 0.182 e. The Bertz CT molecular complexity index is 593. The van der Waals surface area contributed by atoms with E-state index in [9.17, 15) is 9.59 Å². The number of hydrogen-bond donors (Lipinski definition) is 0. The van der Waals surface area contributed by atoms with E-state index < -0.39 is 5.78 Å². The van der Waals surface area contributed by atoms with Crippen molar-refractivity contribution in [2.75, 3.05) is 21.3 Å². The first-order chi connectivity index (χ1) is 9.53. The van der Waals surface area contributed by atoms with Crippen molar-refractivity contribution in [2.45, 2.75) is 6.42 Å². The molecule has 1 aromatic carbocycles. The minimum Gasteiger partial charge on any atom is -0.496 e. The van der Waals surface area contributed by atoms with Crippen molar-refractivity contribution in [3.63, 3.8) is 0 Å². The first-order valence-corrected chi connectivity index (χ1v) is 6.17. The maximum absolute atomic E-state index is 12.0. The van der Waals surface area contributed by atoms with Gasteiger partial charge in [0, 0.05) is 12.1 Å². The summed E-state index contributed by atoms with van der Waals surface area (Å²) in [6.45, 7) is 0. The first-order valence-electron chi connectivity index (χ1n) is 5.80. The van der Waals surface area contributed by atoms with Gasteiger partial charge in [0.2, 0.25) is 0 Å². The van der Waals surface area contributed by atoms with Gasteiger partial charge in [-0.25, -0.2) is 0 Å². The van der Waals surface area contributed by atoms with E-state index >= 15 is 0 Å². The Labute approximate surface area is 121 Å². The molecule has 0 amide bonds. The van der Waals surface area contributed by atoms with Crippen LogP contribution in [0.4, 0.5) is 0 Å². The van der Waals surface area contributed by atoms with Crippen LogP contribution in [0.2, 0.25) is 0 Å². The largest absolute Gasteiger partial charge is 0.496 e. The lowest BCUT2D eigenvalue weighted by Gasteiger charge is -2.15. The van der Waals surface area contributed by atoms with E-state index in [4.69, 9.17) is 25.8 Å². The second-order valence-electron chi connectivity index (χ2n) is 4.12. The van der Waals surface area contributed by atoms with Crippen LogP contribution in [0, 0.1) is 0 Å². The van der Waals surface area contributed by atoms with Gasteiger partial charge in [-0.1, -0.05) is 11.6 Å². The van der Waals surface area contributed by atoms with Crippen LogP contribution in [0.25, 0.3) is 5.57 Å². The zero-order valence-electron chi connectivity index (χ0n) is 11.3. The van der Waals surface area contributed by atoms with Gasteiger partial charge < -0.3 is 14.2 Å². The highest BCUT2D eigenvalue weighted by atomic mass is 35.5. The summed E-state index contributed by atoms with van der Waals surface area (Å²) < 4.78 is 15.6. The van der Waals surface area contributed by atoms with E-state index in [1.165, 1.54) is 21.3 Å². The van der Waals surface area contributed by atoms with Crippen molar-refractivity contribution in [1.82, 2.24) is 0 Å². The van der Waals surface area contributed by atoms with Gasteiger partial charge in [0.1, 0.15) is 17.2 Å². The van der Waals surface area contributed by atoms with Crippen molar-refractivity contribution < 1.29 is 23.8 Å². The molecule has 0 aliphatic heterocycles. The van der Waals surface area contributed by atoms with E-state index in [1.807, 2.05) is 0 Å². The molecular formula is C14H13ClO5. The highest BCUT2D eigenvalue weighted by Gasteiger charge is 2.34. The van der Waals surface area contributed by atoms with E-state index in [0.717, 1.165) is 0 Å². The van der Waals surface area contributed by atoms with Crippen LogP contribution in [-0.4, -0.2) is 32.9 Å². The minimum atomic E-state index is -0.397. The highest BCUT2D eigenvalue weighted by Crippen LogP contribution is 2.43. The summed E-state index contributed by atoms with van der Waals surface area (Å²) >= 11 is 5.96. The normalized spacial score (nSPS) is 14.8. The zero-order chi connectivity index (χ0) is 14.9. The molecule has 1 aliphatic rings. The number of rotatable bonds is 4. The lowest BCUT2D eigenvalue weighted by atomic mass is 10.0. The number of ether oxygens (including phenoxy) is 3. The number of carbonyl (C=O) groups excluding carboxylic acids is 2. The number of carbonyl (C=O) groups is 2. The summed E-state index contributed by atoms with van der Waals surface area (Å²) in [6.07, 6.45) is -0.230. The number of halogens is 1. The lowest BCUT2D eigenvalue weighted by molar-refractivity contribution is -0.120. The average molecular weight is 297 g/mol. The van der Waals surface area contributed by atoms with Crippen LogP contribution < -0.4 is 14.2 Å². The van der Waals surface area contributed by atoms with E-state index in [-0.39, 0.29) is 22.8 Å². The van der Waals surface area contributed by atoms with Crippen molar-refractivity contribution in [1.29, 1.82) is 0 Å². The maximum atomic E-state index is 12.0. The van der Waals surface area contributed by atoms with Crippen LogP contribution in [0.5, 0.6) is 17.2 Å². The molecule has 106 valence electrons. The smallest absolute Gasteiger partial charge is 0.182 e. The molecular weight excluding hydrogens is 284 g/mol. The topological polar surface area (TPSA) is 61.8 Å². The SMILES string of the molecule is COc1cc(OC)c(C2=C(Cl)C(=O)CC2=O)c(OC)c1. The molecule has 0 saturated heterocycles. The van der Waals surface area contributed by atoms with Gasteiger partial charge in [-0.2, -0.15) is 0 Å². The summed E-state index contributed by atoms with van der Waals surface area (Å²) in [7, 11) is 4.41. The molecule has 2 rings (SSSR count). The number of ketones is 2. The molecule has 5 nitrogen and oxygen atoms in total. The van der Waals surface area contributed by atoms with Crippen LogP contribution in [-0.2, 0) is 9.59 Å². The summed E-state index contributed by atoms with van der Waals surface area (Å²) in [5.74, 6) is 0.485. The Hall–Kier alpha value is -2.01. The molecule has 0 heterocycles. The molecule has 0 fully saturated rings. The average Bonchev–Trinajstić information content (AvgIpc) is 2.70. The number of methoxy groups -OCH3 is 3. The van der Waals surface area contributed by atoms with Crippen LogP contribution in [0.15, 0.2) is 17.2 Å². The third-order valence-electron chi connectivity index (χ3n) is 3.03. The molecule has 0 radical (unpaired) electrons. The molecule has 0 N–H and O–H groups in total. The number of benzene rings is 1. The van der Waals surface area contributed by atoms with Gasteiger partial charge in [0.05, 0.1) is 43.9 Å².